The maximum absolute atomic E-state index is 12.4. The lowest BCUT2D eigenvalue weighted by Gasteiger charge is -2.15. The SMILES string of the molecule is COC(=O)c1nc(C)c2cc(Cc3ccc(OC)cc3)ccc2c1OCc1ccccc1. The molecule has 0 spiro atoms. The number of aryl methyl sites for hydroxylation is 1. The van der Waals surface area contributed by atoms with E-state index in [1.807, 2.05) is 55.5 Å². The molecule has 4 rings (SSSR count). The Balaban J connectivity index is 1.71. The van der Waals surface area contributed by atoms with E-state index < -0.39 is 5.97 Å². The predicted octanol–water partition coefficient (Wildman–Crippen LogP) is 5.51. The summed E-state index contributed by atoms with van der Waals surface area (Å²) in [6.07, 6.45) is 0.776. The molecule has 162 valence electrons. The van der Waals surface area contributed by atoms with E-state index in [1.54, 1.807) is 7.11 Å². The predicted molar refractivity (Wildman–Crippen MR) is 124 cm³/mol. The Kier molecular flexibility index (Phi) is 6.36. The van der Waals surface area contributed by atoms with Crippen molar-refractivity contribution in [2.24, 2.45) is 0 Å². The number of methoxy groups -OCH3 is 2. The molecule has 0 atom stereocenters. The molecule has 1 heterocycles. The standard InChI is InChI=1S/C27H25NO4/c1-18-24-16-21(15-19-9-12-22(30-2)13-10-19)11-14-23(24)26(25(28-18)27(29)31-3)32-17-20-7-5-4-6-8-20/h4-14,16H,15,17H2,1-3H3. The molecule has 0 aliphatic rings. The third-order valence-electron chi connectivity index (χ3n) is 5.39. The van der Waals surface area contributed by atoms with Crippen molar-refractivity contribution in [1.82, 2.24) is 4.98 Å². The average Bonchev–Trinajstić information content (AvgIpc) is 2.84. The molecule has 0 aliphatic heterocycles. The lowest BCUT2D eigenvalue weighted by molar-refractivity contribution is 0.0588. The highest BCUT2D eigenvalue weighted by Crippen LogP contribution is 2.33. The zero-order valence-corrected chi connectivity index (χ0v) is 18.4. The van der Waals surface area contributed by atoms with Gasteiger partial charge in [-0.15, -0.1) is 0 Å². The first-order chi connectivity index (χ1) is 15.6. The molecule has 4 aromatic rings. The zero-order valence-electron chi connectivity index (χ0n) is 18.4. The van der Waals surface area contributed by atoms with Gasteiger partial charge < -0.3 is 14.2 Å². The van der Waals surface area contributed by atoms with E-state index in [0.717, 1.165) is 39.8 Å². The van der Waals surface area contributed by atoms with Crippen LogP contribution in [0.1, 0.15) is 32.9 Å². The monoisotopic (exact) mass is 427 g/mol. The van der Waals surface area contributed by atoms with Crippen LogP contribution in [0.15, 0.2) is 72.8 Å². The van der Waals surface area contributed by atoms with Gasteiger partial charge in [-0.05, 0) is 48.2 Å². The van der Waals surface area contributed by atoms with Gasteiger partial charge in [0.15, 0.2) is 11.4 Å². The number of hydrogen-bond donors (Lipinski definition) is 0. The van der Waals surface area contributed by atoms with E-state index >= 15 is 0 Å². The molecule has 5 heteroatoms. The minimum absolute atomic E-state index is 0.191. The summed E-state index contributed by atoms with van der Waals surface area (Å²) in [6, 6.07) is 24.0. The molecular weight excluding hydrogens is 402 g/mol. The van der Waals surface area contributed by atoms with Crippen LogP contribution < -0.4 is 9.47 Å². The van der Waals surface area contributed by atoms with Crippen LogP contribution in [0.25, 0.3) is 10.8 Å². The van der Waals surface area contributed by atoms with Crippen molar-refractivity contribution in [2.45, 2.75) is 20.0 Å². The van der Waals surface area contributed by atoms with Gasteiger partial charge in [0.1, 0.15) is 12.4 Å². The van der Waals surface area contributed by atoms with Crippen LogP contribution in [0.5, 0.6) is 11.5 Å². The summed E-state index contributed by atoms with van der Waals surface area (Å²) < 4.78 is 16.3. The first-order valence-electron chi connectivity index (χ1n) is 10.4. The second-order valence-electron chi connectivity index (χ2n) is 7.55. The maximum Gasteiger partial charge on any atom is 0.360 e. The highest BCUT2D eigenvalue weighted by atomic mass is 16.5. The number of aromatic nitrogens is 1. The molecule has 0 unspecified atom stereocenters. The molecule has 0 saturated carbocycles. The summed E-state index contributed by atoms with van der Waals surface area (Å²) in [5.74, 6) is 0.764. The van der Waals surface area contributed by atoms with E-state index in [9.17, 15) is 4.79 Å². The van der Waals surface area contributed by atoms with Crippen molar-refractivity contribution in [3.63, 3.8) is 0 Å². The minimum Gasteiger partial charge on any atom is -0.497 e. The lowest BCUT2D eigenvalue weighted by Crippen LogP contribution is -2.10. The van der Waals surface area contributed by atoms with Crippen LogP contribution in [-0.4, -0.2) is 25.2 Å². The van der Waals surface area contributed by atoms with E-state index in [4.69, 9.17) is 14.2 Å². The number of rotatable bonds is 7. The Hall–Kier alpha value is -3.86. The van der Waals surface area contributed by atoms with Gasteiger partial charge in [-0.3, -0.25) is 0 Å². The van der Waals surface area contributed by atoms with Crippen molar-refractivity contribution < 1.29 is 19.0 Å². The first kappa shape index (κ1) is 21.4. The fourth-order valence-electron chi connectivity index (χ4n) is 3.69. The molecule has 0 amide bonds. The zero-order chi connectivity index (χ0) is 22.5. The van der Waals surface area contributed by atoms with Gasteiger partial charge in [0.2, 0.25) is 0 Å². The molecule has 0 radical (unpaired) electrons. The Labute approximate surface area is 187 Å². The number of fused-ring (bicyclic) bond motifs is 1. The van der Waals surface area contributed by atoms with Crippen molar-refractivity contribution in [1.29, 1.82) is 0 Å². The number of carbonyl (C=O) groups is 1. The fourth-order valence-corrected chi connectivity index (χ4v) is 3.69. The third kappa shape index (κ3) is 4.57. The average molecular weight is 428 g/mol. The van der Waals surface area contributed by atoms with Crippen LogP contribution >= 0.6 is 0 Å². The Morgan fingerprint density at radius 1 is 0.844 bits per heavy atom. The van der Waals surface area contributed by atoms with E-state index in [-0.39, 0.29) is 5.69 Å². The number of pyridine rings is 1. The van der Waals surface area contributed by atoms with Crippen LogP contribution in [0.3, 0.4) is 0 Å². The Morgan fingerprint density at radius 2 is 1.56 bits per heavy atom. The molecule has 5 nitrogen and oxygen atoms in total. The van der Waals surface area contributed by atoms with Gasteiger partial charge in [-0.2, -0.15) is 0 Å². The van der Waals surface area contributed by atoms with Crippen molar-refractivity contribution >= 4 is 16.7 Å². The Morgan fingerprint density at radius 3 is 2.25 bits per heavy atom. The summed E-state index contributed by atoms with van der Waals surface area (Å²) in [5.41, 5.74) is 4.28. The normalized spacial score (nSPS) is 10.7. The molecule has 32 heavy (non-hydrogen) atoms. The molecule has 0 aliphatic carbocycles. The summed E-state index contributed by atoms with van der Waals surface area (Å²) in [7, 11) is 3.01. The topological polar surface area (TPSA) is 57.7 Å². The summed E-state index contributed by atoms with van der Waals surface area (Å²) in [4.78, 5) is 17.0. The second kappa shape index (κ2) is 9.52. The number of ether oxygens (including phenoxy) is 3. The minimum atomic E-state index is -0.514. The molecule has 0 N–H and O–H groups in total. The van der Waals surface area contributed by atoms with Gasteiger partial charge in [-0.1, -0.05) is 54.6 Å². The summed E-state index contributed by atoms with van der Waals surface area (Å²) in [6.45, 7) is 2.23. The van der Waals surface area contributed by atoms with E-state index in [1.165, 1.54) is 12.7 Å². The molecule has 3 aromatic carbocycles. The number of nitrogens with zero attached hydrogens (tertiary/aromatic N) is 1. The third-order valence-corrected chi connectivity index (χ3v) is 5.39. The molecular formula is C27H25NO4. The molecule has 0 bridgehead atoms. The van der Waals surface area contributed by atoms with Crippen LogP contribution in [0, 0.1) is 6.92 Å². The van der Waals surface area contributed by atoms with Gasteiger partial charge in [0, 0.05) is 16.5 Å². The van der Waals surface area contributed by atoms with E-state index in [0.29, 0.717) is 12.4 Å². The van der Waals surface area contributed by atoms with Gasteiger partial charge in [0.05, 0.1) is 14.2 Å². The van der Waals surface area contributed by atoms with Crippen LogP contribution in [-0.2, 0) is 17.8 Å². The number of benzene rings is 3. The summed E-state index contributed by atoms with van der Waals surface area (Å²) in [5, 5.41) is 1.79. The lowest BCUT2D eigenvalue weighted by atomic mass is 9.99. The number of esters is 1. The maximum atomic E-state index is 12.4. The van der Waals surface area contributed by atoms with Gasteiger partial charge >= 0.3 is 5.97 Å². The number of carbonyl (C=O) groups excluding carboxylic acids is 1. The quantitative estimate of drug-likeness (QED) is 0.364. The van der Waals surface area contributed by atoms with Crippen molar-refractivity contribution in [2.75, 3.05) is 14.2 Å². The largest absolute Gasteiger partial charge is 0.497 e. The Bertz CT molecular complexity index is 1230. The number of hydrogen-bond acceptors (Lipinski definition) is 5. The highest BCUT2D eigenvalue weighted by molar-refractivity contribution is 6.00. The van der Waals surface area contributed by atoms with Crippen LogP contribution in [0.4, 0.5) is 0 Å². The highest BCUT2D eigenvalue weighted by Gasteiger charge is 2.21. The second-order valence-corrected chi connectivity index (χ2v) is 7.55. The first-order valence-corrected chi connectivity index (χ1v) is 10.4. The van der Waals surface area contributed by atoms with Gasteiger partial charge in [0.25, 0.3) is 0 Å². The summed E-state index contributed by atoms with van der Waals surface area (Å²) >= 11 is 0. The fraction of sp³-hybridized carbons (Fsp3) is 0.185. The molecule has 0 fully saturated rings. The molecule has 0 saturated heterocycles. The molecule has 1 aromatic heterocycles. The smallest absolute Gasteiger partial charge is 0.360 e. The van der Waals surface area contributed by atoms with Crippen molar-refractivity contribution in [3.05, 3.63) is 101 Å². The van der Waals surface area contributed by atoms with Gasteiger partial charge in [-0.25, -0.2) is 9.78 Å². The van der Waals surface area contributed by atoms with E-state index in [2.05, 4.69) is 29.2 Å². The van der Waals surface area contributed by atoms with Crippen molar-refractivity contribution in [3.8, 4) is 11.5 Å². The van der Waals surface area contributed by atoms with Crippen LogP contribution in [0.2, 0.25) is 0 Å².